The van der Waals surface area contributed by atoms with Gasteiger partial charge in [0, 0.05) is 46.7 Å². The van der Waals surface area contributed by atoms with Crippen molar-refractivity contribution in [1.82, 2.24) is 52.8 Å². The van der Waals surface area contributed by atoms with Crippen LogP contribution in [0.1, 0.15) is 123 Å². The molecule has 19 N–H and O–H groups in total. The van der Waals surface area contributed by atoms with Gasteiger partial charge in [-0.25, -0.2) is 0 Å². The number of phenolic OH excluding ortho intramolecular Hbond substituents is 3. The fourth-order valence-electron chi connectivity index (χ4n) is 15.1. The number of carbonyl (C=O) groups excluding carboxylic acids is 8. The lowest BCUT2D eigenvalue weighted by Crippen LogP contribution is -2.65. The minimum Gasteiger partial charge on any atom is -0.508 e. The number of rotatable bonds is 23. The predicted octanol–water partition coefficient (Wildman–Crippen LogP) is 6.25. The second-order valence-electron chi connectivity index (χ2n) is 31.7. The number of nitrogens with one attached hydrogen (secondary N) is 9. The first-order valence-electron chi connectivity index (χ1n) is 39.6. The first-order valence-corrected chi connectivity index (χ1v) is 42.7. The lowest BCUT2D eigenvalue weighted by atomic mass is 9.84. The van der Waals surface area contributed by atoms with E-state index in [1.54, 1.807) is 58.3 Å². The van der Waals surface area contributed by atoms with Crippen molar-refractivity contribution in [2.75, 3.05) is 38.7 Å². The number of alkyl halides is 1. The van der Waals surface area contributed by atoms with Gasteiger partial charge >= 0.3 is 0 Å². The van der Waals surface area contributed by atoms with Crippen molar-refractivity contribution in [3.63, 3.8) is 0 Å². The Morgan fingerprint density at radius 3 is 1.94 bits per heavy atom. The van der Waals surface area contributed by atoms with E-state index in [-0.39, 0.29) is 92.2 Å². The number of aliphatic hydroxyl groups is 5. The molecule has 0 aromatic heterocycles. The van der Waals surface area contributed by atoms with Crippen LogP contribution in [0.5, 0.6) is 51.7 Å². The summed E-state index contributed by atoms with van der Waals surface area (Å²) in [7, 11) is 5.10. The van der Waals surface area contributed by atoms with E-state index in [9.17, 15) is 55.2 Å². The van der Waals surface area contributed by atoms with Crippen LogP contribution in [0.4, 0.5) is 0 Å². The van der Waals surface area contributed by atoms with Gasteiger partial charge in [-0.3, -0.25) is 38.4 Å². The van der Waals surface area contributed by atoms with Crippen LogP contribution in [0.25, 0.3) is 11.1 Å². The molecule has 0 radical (unpaired) electrons. The summed E-state index contributed by atoms with van der Waals surface area (Å²) in [6.45, 7) is 7.88. The fourth-order valence-corrected chi connectivity index (χ4v) is 16.6. The summed E-state index contributed by atoms with van der Waals surface area (Å²) >= 11 is 28.8. The summed E-state index contributed by atoms with van der Waals surface area (Å²) < 4.78 is 46.3. The molecule has 34 nitrogen and oxygen atoms in total. The highest BCUT2D eigenvalue weighted by molar-refractivity contribution is 14.1. The number of nitrogens with zero attached hydrogens (tertiary/aromatic N) is 1. The normalized spacial score (nSPS) is 26.1. The number of aliphatic hydroxyl groups excluding tert-OH is 5. The predicted molar refractivity (Wildman–Crippen MR) is 460 cm³/mol. The van der Waals surface area contributed by atoms with Gasteiger partial charge in [-0.1, -0.05) is 119 Å². The molecule has 8 amide bonds. The number of fused-ring (bicyclic) bond motifs is 15. The van der Waals surface area contributed by atoms with E-state index in [1.165, 1.54) is 37.4 Å². The SMILES string of the molecule is CN[C@H](CC(C)C)C(=O)N[C@H]1C(=O)N[C@@H](CC(N)=O)C(=O)N[C@H]2C(=O)N[C@H]3C(=O)N[C@H](C(=O)N[C@@H](C(=O)NCCCN(C)C)c4cc(O)cc(O)c4-c4cc3ccc4O)[C@H](O)c3ccc(c(Cl)c3)Oc3cc2cc(c3OC2OC(CI)C(O)C(O)C2OC2CC(C)(NCc3ccc(OCc4ccc(Cl)c(Cl)c4)cc3)C(O)C(C)O2)Oc2ccc(cc2Cl)[C@H]1O. The second kappa shape index (κ2) is 40.3. The van der Waals surface area contributed by atoms with E-state index < -0.39 is 209 Å². The Kier molecular flexibility index (Phi) is 30.4. The third-order valence-corrected chi connectivity index (χ3v) is 24.0. The molecule has 7 aliphatic heterocycles. The Morgan fingerprint density at radius 1 is 0.677 bits per heavy atom. The molecular formula is C85H96Cl4IN11O23. The summed E-state index contributed by atoms with van der Waals surface area (Å²) in [4.78, 5) is 123. The number of phenols is 3. The zero-order chi connectivity index (χ0) is 89.6. The minimum atomic E-state index is -2.32. The average molecular weight is 1910 g/mol. The highest BCUT2D eigenvalue weighted by Gasteiger charge is 2.52. The van der Waals surface area contributed by atoms with Crippen LogP contribution in [0.2, 0.25) is 20.1 Å². The number of carbonyl (C=O) groups is 8. The summed E-state index contributed by atoms with van der Waals surface area (Å²) in [6.07, 6.45) is -17.0. The molecule has 0 aliphatic carbocycles. The molecule has 7 aromatic carbocycles. The number of aromatic hydroxyl groups is 3. The molecular weight excluding hydrogens is 1810 g/mol. The second-order valence-corrected chi connectivity index (χ2v) is 34.3. The van der Waals surface area contributed by atoms with E-state index >= 15 is 24.0 Å². The number of likely N-dealkylation sites (N-methyl/N-ethyl adjacent to an activating group) is 1. The molecule has 9 unspecified atom stereocenters. The third-order valence-electron chi connectivity index (χ3n) is 21.8. The largest absolute Gasteiger partial charge is 0.508 e. The monoisotopic (exact) mass is 1910 g/mol. The Bertz CT molecular complexity index is 5160. The maximum atomic E-state index is 16.4. The van der Waals surface area contributed by atoms with Crippen molar-refractivity contribution in [1.29, 1.82) is 0 Å². The average Bonchev–Trinajstić information content (AvgIpc) is 0.769. The smallest absolute Gasteiger partial charge is 0.248 e. The molecule has 11 bridgehead atoms. The number of halogens is 5. The van der Waals surface area contributed by atoms with Crippen LogP contribution in [0.3, 0.4) is 0 Å². The first-order chi connectivity index (χ1) is 58.9. The van der Waals surface area contributed by atoms with E-state index in [0.717, 1.165) is 59.7 Å². The van der Waals surface area contributed by atoms with Crippen LogP contribution in [0.15, 0.2) is 121 Å². The van der Waals surface area contributed by atoms with Crippen LogP contribution in [-0.4, -0.2) is 211 Å². The van der Waals surface area contributed by atoms with Gasteiger partial charge in [-0.2, -0.15) is 0 Å². The van der Waals surface area contributed by atoms with Crippen molar-refractivity contribution in [3.05, 3.63) is 180 Å². The maximum Gasteiger partial charge on any atom is 0.248 e. The molecule has 664 valence electrons. The molecule has 7 aromatic rings. The van der Waals surface area contributed by atoms with Gasteiger partial charge in [-0.15, -0.1) is 0 Å². The van der Waals surface area contributed by atoms with Crippen molar-refractivity contribution in [3.8, 4) is 62.9 Å². The van der Waals surface area contributed by atoms with Crippen LogP contribution in [-0.2, 0) is 65.7 Å². The number of benzene rings is 7. The van der Waals surface area contributed by atoms with E-state index in [4.69, 9.17) is 85.3 Å². The zero-order valence-corrected chi connectivity index (χ0v) is 73.1. The zero-order valence-electron chi connectivity index (χ0n) is 67.9. The highest BCUT2D eigenvalue weighted by Crippen LogP contribution is 2.50. The van der Waals surface area contributed by atoms with Gasteiger partial charge in [0.2, 0.25) is 59.3 Å². The number of hydrogen-bond acceptors (Lipinski definition) is 26. The molecule has 0 spiro atoms. The third kappa shape index (κ3) is 21.7. The number of nitrogens with two attached hydrogens (primary N) is 1. The molecule has 0 saturated carbocycles. The molecule has 18 atom stereocenters. The van der Waals surface area contributed by atoms with Crippen molar-refractivity contribution >= 4 is 116 Å². The Balaban J connectivity index is 1.02. The first kappa shape index (κ1) is 93.5. The molecule has 7 heterocycles. The standard InChI is InChI=1S/C85H96Cl4IN11O23/c1-37(2)23-53(92-5)77(111)99-68-70(106)42-13-19-57(51(88)26-42)120-59-28-44-29-60(74(59)124-84-75(73(109)72(108)61(34-90)122-84)123-63-33-85(4,76(110)38(3)119-63)94-35-39-9-15-46(16-10-39)118-36-40-11-17-49(86)50(87)24-40)121-58-20-14-43(27-52(58)89)71(107)69-83(117)98-67(79(113)93-21-8-22-101(6)7)48-30-45(102)31-56(104)64(48)47-25-41(12-18-55(47)103)65(80(114)100-69)97-81(115)66(44)96-78(112)54(32-62(91)105)95-82(68)116/h9-20,24-31,37-38,53-54,61,63,65-73,75-76,84,92,94,102-104,106-110H,8,21-23,32-36H2,1-7H3,(H2,91,105)(H,93,113)(H,95,116)(H,96,112)(H,97,115)(H,98,117)(H,99,111)(H,100,114)/t38?,53-,54+,61?,63?,65-,66-,67-,68-,69+,70-,71-,72?,73?,75?,76?,84?,85?/m1/s1. The Labute approximate surface area is 745 Å². The van der Waals surface area contributed by atoms with E-state index in [1.807, 2.05) is 53.5 Å². The Morgan fingerprint density at radius 2 is 1.31 bits per heavy atom. The van der Waals surface area contributed by atoms with Crippen LogP contribution in [0, 0.1) is 5.92 Å². The van der Waals surface area contributed by atoms with E-state index in [2.05, 4.69) is 47.9 Å². The summed E-state index contributed by atoms with van der Waals surface area (Å²) in [6, 6.07) is 13.3. The van der Waals surface area contributed by atoms with Gasteiger partial charge in [0.1, 0.15) is 102 Å². The molecule has 7 aliphatic rings. The fraction of sp³-hybridized carbons (Fsp3) is 0.412. The van der Waals surface area contributed by atoms with Gasteiger partial charge in [0.15, 0.2) is 23.9 Å². The molecule has 2 saturated heterocycles. The summed E-state index contributed by atoms with van der Waals surface area (Å²) in [5.41, 5.74) is 4.01. The molecule has 2 fully saturated rings. The van der Waals surface area contributed by atoms with Gasteiger partial charge in [0.05, 0.1) is 50.9 Å². The number of ether oxygens (including phenoxy) is 7. The van der Waals surface area contributed by atoms with Crippen molar-refractivity contribution in [2.24, 2.45) is 11.7 Å². The van der Waals surface area contributed by atoms with Crippen LogP contribution >= 0.6 is 69.0 Å². The van der Waals surface area contributed by atoms with Gasteiger partial charge in [-0.05, 0) is 178 Å². The Hall–Kier alpha value is -9.65. The lowest BCUT2D eigenvalue weighted by molar-refractivity contribution is -0.330. The highest BCUT2D eigenvalue weighted by atomic mass is 127. The summed E-state index contributed by atoms with van der Waals surface area (Å²) in [5, 5.41) is 121. The molecule has 124 heavy (non-hydrogen) atoms. The van der Waals surface area contributed by atoms with Gasteiger partial charge < -0.3 is 132 Å². The topological polar surface area (TPSA) is 501 Å². The van der Waals surface area contributed by atoms with Crippen LogP contribution < -0.4 is 72.5 Å². The maximum absolute atomic E-state index is 16.4. The molecule has 14 rings (SSSR count). The quantitative estimate of drug-likeness (QED) is 0.0191. The summed E-state index contributed by atoms with van der Waals surface area (Å²) in [5.74, 6) is -13.6. The van der Waals surface area contributed by atoms with Crippen molar-refractivity contribution in [2.45, 2.75) is 176 Å². The molecule has 39 heteroatoms. The van der Waals surface area contributed by atoms with Gasteiger partial charge in [0.25, 0.3) is 0 Å². The number of hydrogen-bond donors (Lipinski definition) is 18. The van der Waals surface area contributed by atoms with Crippen molar-refractivity contribution < 1.29 is 112 Å². The lowest BCUT2D eigenvalue weighted by Gasteiger charge is -2.48. The number of amides is 8. The minimum absolute atomic E-state index is 0.00818. The number of primary amides is 1. The van der Waals surface area contributed by atoms with E-state index in [0.29, 0.717) is 28.8 Å².